The minimum Gasteiger partial charge on any atom is -0.504 e. The lowest BCUT2D eigenvalue weighted by molar-refractivity contribution is 0.101. The largest absolute Gasteiger partial charge is 0.504 e. The van der Waals surface area contributed by atoms with Crippen molar-refractivity contribution in [3.05, 3.63) is 47.5 Å². The van der Waals surface area contributed by atoms with E-state index >= 15 is 0 Å². The summed E-state index contributed by atoms with van der Waals surface area (Å²) in [7, 11) is 0. The summed E-state index contributed by atoms with van der Waals surface area (Å²) in [6.45, 7) is 1.39. The number of rotatable bonds is 3. The molecule has 0 spiro atoms. The van der Waals surface area contributed by atoms with Gasteiger partial charge in [0.15, 0.2) is 34.6 Å². The Labute approximate surface area is 137 Å². The van der Waals surface area contributed by atoms with Crippen LogP contribution in [-0.4, -0.2) is 37.9 Å². The highest BCUT2D eigenvalue weighted by molar-refractivity contribution is 6.30. The number of carbonyl (C=O) groups is 2. The molecule has 0 radical (unpaired) electrons. The maximum absolute atomic E-state index is 11.0. The maximum Gasteiger partial charge on any atom is 0.177 e. The molecular weight excluding hydrogens is 324 g/mol. The van der Waals surface area contributed by atoms with Gasteiger partial charge in [0.25, 0.3) is 0 Å². The minimum atomic E-state index is -0.314. The summed E-state index contributed by atoms with van der Waals surface area (Å²) in [5.41, 5.74) is 0.681. The Morgan fingerprint density at radius 3 is 1.65 bits per heavy atom. The normalized spacial score (nSPS) is 9.65. The molecule has 0 saturated carbocycles. The lowest BCUT2D eigenvalue weighted by Gasteiger charge is -1.99. The first-order chi connectivity index (χ1) is 10.8. The van der Waals surface area contributed by atoms with Gasteiger partial charge in [0.2, 0.25) is 0 Å². The summed E-state index contributed by atoms with van der Waals surface area (Å²) in [4.78, 5) is 21.7. The maximum atomic E-state index is 11.0. The van der Waals surface area contributed by atoms with Crippen molar-refractivity contribution in [3.8, 4) is 23.0 Å². The topological polar surface area (TPSA) is 115 Å². The lowest BCUT2D eigenvalue weighted by atomic mass is 10.1. The molecular formula is C16H15ClO6. The van der Waals surface area contributed by atoms with Gasteiger partial charge in [-0.3, -0.25) is 9.59 Å². The van der Waals surface area contributed by atoms with Gasteiger partial charge < -0.3 is 20.4 Å². The van der Waals surface area contributed by atoms with Crippen LogP contribution in [0, 0.1) is 0 Å². The molecule has 0 saturated heterocycles. The van der Waals surface area contributed by atoms with Crippen LogP contribution in [0.15, 0.2) is 36.4 Å². The molecule has 0 aliphatic heterocycles. The molecule has 0 aliphatic rings. The van der Waals surface area contributed by atoms with Crippen molar-refractivity contribution in [1.82, 2.24) is 0 Å². The highest BCUT2D eigenvalue weighted by Gasteiger charge is 2.06. The van der Waals surface area contributed by atoms with E-state index in [0.29, 0.717) is 11.1 Å². The third kappa shape index (κ3) is 5.19. The van der Waals surface area contributed by atoms with Gasteiger partial charge in [-0.2, -0.15) is 0 Å². The van der Waals surface area contributed by atoms with E-state index in [2.05, 4.69) is 0 Å². The molecule has 4 N–H and O–H groups in total. The predicted molar refractivity (Wildman–Crippen MR) is 84.6 cm³/mol. The van der Waals surface area contributed by atoms with Gasteiger partial charge in [0.05, 0.1) is 5.88 Å². The number of phenolic OH excluding ortho intramolecular Hbond substituents is 4. The van der Waals surface area contributed by atoms with Crippen LogP contribution >= 0.6 is 11.6 Å². The fraction of sp³-hybridized carbons (Fsp3) is 0.125. The van der Waals surface area contributed by atoms with E-state index in [4.69, 9.17) is 32.0 Å². The molecule has 0 atom stereocenters. The van der Waals surface area contributed by atoms with Crippen LogP contribution in [0.25, 0.3) is 0 Å². The van der Waals surface area contributed by atoms with Crippen molar-refractivity contribution in [3.63, 3.8) is 0 Å². The molecule has 2 aromatic carbocycles. The number of ketones is 2. The Hall–Kier alpha value is -2.73. The molecule has 0 bridgehead atoms. The van der Waals surface area contributed by atoms with Crippen LogP contribution in [0.3, 0.4) is 0 Å². The number of aromatic hydroxyl groups is 4. The van der Waals surface area contributed by atoms with Gasteiger partial charge in [0, 0.05) is 11.1 Å². The summed E-state index contributed by atoms with van der Waals surface area (Å²) in [6.07, 6.45) is 0. The summed E-state index contributed by atoms with van der Waals surface area (Å²) < 4.78 is 0. The third-order valence-corrected chi connectivity index (χ3v) is 3.04. The Morgan fingerprint density at radius 2 is 1.26 bits per heavy atom. The summed E-state index contributed by atoms with van der Waals surface area (Å²) in [5, 5.41) is 35.7. The van der Waals surface area contributed by atoms with Crippen molar-refractivity contribution < 1.29 is 30.0 Å². The quantitative estimate of drug-likeness (QED) is 0.388. The van der Waals surface area contributed by atoms with Crippen LogP contribution < -0.4 is 0 Å². The summed E-state index contributed by atoms with van der Waals surface area (Å²) in [6, 6.07) is 7.80. The first-order valence-corrected chi connectivity index (χ1v) is 6.93. The molecule has 0 unspecified atom stereocenters. The molecule has 0 heterocycles. The van der Waals surface area contributed by atoms with Crippen LogP contribution in [0.1, 0.15) is 27.6 Å². The van der Waals surface area contributed by atoms with Crippen molar-refractivity contribution in [2.45, 2.75) is 6.92 Å². The van der Waals surface area contributed by atoms with Gasteiger partial charge in [-0.05, 0) is 43.3 Å². The monoisotopic (exact) mass is 338 g/mol. The summed E-state index contributed by atoms with van der Waals surface area (Å²) in [5.74, 6) is -1.60. The molecule has 2 aromatic rings. The smallest absolute Gasteiger partial charge is 0.177 e. The zero-order valence-corrected chi connectivity index (χ0v) is 12.9. The van der Waals surface area contributed by atoms with Crippen LogP contribution in [0.2, 0.25) is 0 Å². The predicted octanol–water partition coefficient (Wildman–Crippen LogP) is 2.82. The second-order valence-corrected chi connectivity index (χ2v) is 4.79. The van der Waals surface area contributed by atoms with Crippen molar-refractivity contribution >= 4 is 23.2 Å². The van der Waals surface area contributed by atoms with Crippen LogP contribution in [0.4, 0.5) is 0 Å². The van der Waals surface area contributed by atoms with E-state index in [0.717, 1.165) is 0 Å². The van der Waals surface area contributed by atoms with E-state index < -0.39 is 0 Å². The number of alkyl halides is 1. The van der Waals surface area contributed by atoms with Crippen LogP contribution in [0.5, 0.6) is 23.0 Å². The molecule has 6 nitrogen and oxygen atoms in total. The second kappa shape index (κ2) is 8.05. The zero-order chi connectivity index (χ0) is 17.6. The van der Waals surface area contributed by atoms with Gasteiger partial charge in [0.1, 0.15) is 0 Å². The van der Waals surface area contributed by atoms with E-state index in [1.807, 2.05) is 0 Å². The fourth-order valence-electron chi connectivity index (χ4n) is 1.52. The Bertz CT molecular complexity index is 727. The van der Waals surface area contributed by atoms with Crippen molar-refractivity contribution in [1.29, 1.82) is 0 Å². The summed E-state index contributed by atoms with van der Waals surface area (Å²) >= 11 is 5.28. The molecule has 0 aliphatic carbocycles. The molecule has 122 valence electrons. The fourth-order valence-corrected chi connectivity index (χ4v) is 1.67. The zero-order valence-electron chi connectivity index (χ0n) is 12.2. The SMILES string of the molecule is CC(=O)c1ccc(O)c(O)c1.O=C(CCl)c1ccc(O)c(O)c1. The molecule has 0 aromatic heterocycles. The average Bonchev–Trinajstić information content (AvgIpc) is 2.52. The Kier molecular flexibility index (Phi) is 6.41. The first-order valence-electron chi connectivity index (χ1n) is 6.40. The lowest BCUT2D eigenvalue weighted by Crippen LogP contribution is -1.99. The number of carbonyl (C=O) groups excluding carboxylic acids is 2. The van der Waals surface area contributed by atoms with Gasteiger partial charge in [-0.1, -0.05) is 0 Å². The Balaban J connectivity index is 0.000000231. The van der Waals surface area contributed by atoms with Crippen molar-refractivity contribution in [2.75, 3.05) is 5.88 Å². The van der Waals surface area contributed by atoms with Gasteiger partial charge >= 0.3 is 0 Å². The number of benzene rings is 2. The molecule has 0 fully saturated rings. The third-order valence-electron chi connectivity index (χ3n) is 2.80. The van der Waals surface area contributed by atoms with Gasteiger partial charge in [-0.25, -0.2) is 0 Å². The van der Waals surface area contributed by atoms with Gasteiger partial charge in [-0.15, -0.1) is 11.6 Å². The van der Waals surface area contributed by atoms with Crippen molar-refractivity contribution in [2.24, 2.45) is 0 Å². The number of hydrogen-bond donors (Lipinski definition) is 4. The number of phenols is 4. The highest BCUT2D eigenvalue weighted by atomic mass is 35.5. The molecule has 7 heteroatoms. The number of Topliss-reactive ketones (excluding diaryl/α,β-unsaturated/α-hetero) is 2. The van der Waals surface area contributed by atoms with E-state index in [-0.39, 0.29) is 40.4 Å². The molecule has 2 rings (SSSR count). The first kappa shape index (κ1) is 18.3. The number of hydrogen-bond acceptors (Lipinski definition) is 6. The average molecular weight is 339 g/mol. The Morgan fingerprint density at radius 1 is 0.826 bits per heavy atom. The molecule has 23 heavy (non-hydrogen) atoms. The van der Waals surface area contributed by atoms with E-state index in [9.17, 15) is 9.59 Å². The van der Waals surface area contributed by atoms with E-state index in [1.165, 1.54) is 43.3 Å². The second-order valence-electron chi connectivity index (χ2n) is 4.52. The standard InChI is InChI=1S/C8H7ClO3.C8H8O3/c9-4-8(12)5-1-2-6(10)7(11)3-5;1-5(9)6-2-3-7(10)8(11)4-6/h1-3,10-11H,4H2;2-4,10-11H,1H3. The van der Waals surface area contributed by atoms with Crippen LogP contribution in [-0.2, 0) is 0 Å². The highest BCUT2D eigenvalue weighted by Crippen LogP contribution is 2.25. The molecule has 0 amide bonds. The van der Waals surface area contributed by atoms with E-state index in [1.54, 1.807) is 0 Å². The minimum absolute atomic E-state index is 0.135. The number of halogens is 1.